The zero-order chi connectivity index (χ0) is 14.5. The van der Waals surface area contributed by atoms with Crippen molar-refractivity contribution in [1.29, 1.82) is 0 Å². The van der Waals surface area contributed by atoms with Crippen molar-refractivity contribution in [3.63, 3.8) is 0 Å². The lowest BCUT2D eigenvalue weighted by atomic mass is 10.1. The highest BCUT2D eigenvalue weighted by Gasteiger charge is 2.14. The van der Waals surface area contributed by atoms with Gasteiger partial charge in [-0.25, -0.2) is 0 Å². The molecule has 0 bridgehead atoms. The highest BCUT2D eigenvalue weighted by atomic mass is 35.5. The molecule has 0 saturated carbocycles. The van der Waals surface area contributed by atoms with E-state index in [9.17, 15) is 4.79 Å². The number of halogens is 1. The number of hydrogen-bond donors (Lipinski definition) is 2. The maximum atomic E-state index is 12.0. The van der Waals surface area contributed by atoms with Crippen LogP contribution >= 0.6 is 11.6 Å². The molecular formula is C15H15ClN2O2. The predicted molar refractivity (Wildman–Crippen MR) is 80.4 cm³/mol. The fourth-order valence-corrected chi connectivity index (χ4v) is 1.89. The zero-order valence-corrected chi connectivity index (χ0v) is 11.8. The van der Waals surface area contributed by atoms with E-state index in [-0.39, 0.29) is 5.91 Å². The molecule has 0 spiro atoms. The maximum absolute atomic E-state index is 12.0. The summed E-state index contributed by atoms with van der Waals surface area (Å²) in [5.74, 6) is 0.643. The molecule has 1 amide bonds. The number of nitrogen functional groups attached to an aromatic ring is 1. The Morgan fingerprint density at radius 1 is 1.25 bits per heavy atom. The van der Waals surface area contributed by atoms with Gasteiger partial charge in [-0.2, -0.15) is 0 Å². The Hall–Kier alpha value is -2.20. The summed E-state index contributed by atoms with van der Waals surface area (Å²) >= 11 is 6.05. The second-order valence-corrected chi connectivity index (χ2v) is 4.55. The van der Waals surface area contributed by atoms with E-state index in [0.717, 1.165) is 0 Å². The van der Waals surface area contributed by atoms with Crippen LogP contribution < -0.4 is 15.8 Å². The molecule has 0 aliphatic rings. The first-order valence-corrected chi connectivity index (χ1v) is 6.59. The van der Waals surface area contributed by atoms with Gasteiger partial charge in [0.1, 0.15) is 11.5 Å². The molecule has 0 atom stereocenters. The molecule has 0 fully saturated rings. The van der Waals surface area contributed by atoms with Gasteiger partial charge in [0.25, 0.3) is 5.91 Å². The number of hydrogen-bond acceptors (Lipinski definition) is 3. The summed E-state index contributed by atoms with van der Waals surface area (Å²) < 4.78 is 5.72. The predicted octanol–water partition coefficient (Wildman–Crippen LogP) is 3.46. The van der Waals surface area contributed by atoms with Gasteiger partial charge in [0.15, 0.2) is 0 Å². The summed E-state index contributed by atoms with van der Waals surface area (Å²) in [6.45, 7) is 2.39. The van der Waals surface area contributed by atoms with Crippen LogP contribution in [0, 0.1) is 0 Å². The van der Waals surface area contributed by atoms with E-state index < -0.39 is 0 Å². The second-order valence-electron chi connectivity index (χ2n) is 4.15. The SMILES string of the molecule is CCNC(=O)c1ccc(N)cc1Oc1ccccc1Cl. The van der Waals surface area contributed by atoms with Crippen LogP contribution in [0.2, 0.25) is 5.02 Å². The summed E-state index contributed by atoms with van der Waals surface area (Å²) in [5, 5.41) is 3.20. The lowest BCUT2D eigenvalue weighted by Crippen LogP contribution is -2.23. The van der Waals surface area contributed by atoms with Gasteiger partial charge in [-0.15, -0.1) is 0 Å². The van der Waals surface area contributed by atoms with Gasteiger partial charge in [0.05, 0.1) is 10.6 Å². The largest absolute Gasteiger partial charge is 0.455 e. The molecule has 3 N–H and O–H groups in total. The maximum Gasteiger partial charge on any atom is 0.255 e. The Morgan fingerprint density at radius 3 is 2.70 bits per heavy atom. The standard InChI is InChI=1S/C15H15ClN2O2/c1-2-18-15(19)11-8-7-10(17)9-14(11)20-13-6-4-3-5-12(13)16/h3-9H,2,17H2,1H3,(H,18,19). The second kappa shape index (κ2) is 6.30. The quantitative estimate of drug-likeness (QED) is 0.848. The number of anilines is 1. The van der Waals surface area contributed by atoms with Crippen LogP contribution in [0.15, 0.2) is 42.5 Å². The average Bonchev–Trinajstić information content (AvgIpc) is 2.42. The van der Waals surface area contributed by atoms with Gasteiger partial charge in [-0.05, 0) is 31.2 Å². The molecule has 0 aliphatic carbocycles. The highest BCUT2D eigenvalue weighted by molar-refractivity contribution is 6.32. The molecule has 5 heteroatoms. The number of para-hydroxylation sites is 1. The van der Waals surface area contributed by atoms with Crippen molar-refractivity contribution in [3.05, 3.63) is 53.1 Å². The molecule has 0 aromatic heterocycles. The number of amides is 1. The lowest BCUT2D eigenvalue weighted by Gasteiger charge is -2.12. The summed E-state index contributed by atoms with van der Waals surface area (Å²) in [6.07, 6.45) is 0. The number of carbonyl (C=O) groups is 1. The van der Waals surface area contributed by atoms with E-state index in [1.807, 2.05) is 6.92 Å². The normalized spacial score (nSPS) is 10.1. The van der Waals surface area contributed by atoms with Gasteiger partial charge in [-0.1, -0.05) is 23.7 Å². The monoisotopic (exact) mass is 290 g/mol. The Bertz CT molecular complexity index is 629. The van der Waals surface area contributed by atoms with E-state index in [4.69, 9.17) is 22.1 Å². The number of nitrogens with two attached hydrogens (primary N) is 1. The zero-order valence-electron chi connectivity index (χ0n) is 11.0. The molecule has 104 valence electrons. The number of carbonyl (C=O) groups excluding carboxylic acids is 1. The van der Waals surface area contributed by atoms with Crippen LogP contribution in [0.1, 0.15) is 17.3 Å². The topological polar surface area (TPSA) is 64.4 Å². The summed E-state index contributed by atoms with van der Waals surface area (Å²) in [5.41, 5.74) is 6.68. The smallest absolute Gasteiger partial charge is 0.255 e. The third-order valence-corrected chi connectivity index (χ3v) is 2.96. The molecule has 0 unspecified atom stereocenters. The molecular weight excluding hydrogens is 276 g/mol. The molecule has 0 radical (unpaired) electrons. The van der Waals surface area contributed by atoms with E-state index in [2.05, 4.69) is 5.32 Å². The molecule has 20 heavy (non-hydrogen) atoms. The molecule has 0 aliphatic heterocycles. The fourth-order valence-electron chi connectivity index (χ4n) is 1.71. The van der Waals surface area contributed by atoms with Crippen molar-refractivity contribution in [3.8, 4) is 11.5 Å². The molecule has 0 heterocycles. The van der Waals surface area contributed by atoms with Crippen LogP contribution in [0.25, 0.3) is 0 Å². The van der Waals surface area contributed by atoms with Crippen molar-refractivity contribution < 1.29 is 9.53 Å². The first kappa shape index (κ1) is 14.2. The van der Waals surface area contributed by atoms with Crippen LogP contribution in [-0.4, -0.2) is 12.5 Å². The first-order chi connectivity index (χ1) is 9.61. The fraction of sp³-hybridized carbons (Fsp3) is 0.133. The van der Waals surface area contributed by atoms with Crippen LogP contribution in [-0.2, 0) is 0 Å². The molecule has 0 saturated heterocycles. The van der Waals surface area contributed by atoms with Crippen LogP contribution in [0.5, 0.6) is 11.5 Å². The number of ether oxygens (including phenoxy) is 1. The van der Waals surface area contributed by atoms with Gasteiger partial charge in [0, 0.05) is 18.3 Å². The Kier molecular flexibility index (Phi) is 4.48. The molecule has 4 nitrogen and oxygen atoms in total. The van der Waals surface area contributed by atoms with E-state index in [0.29, 0.717) is 34.3 Å². The Balaban J connectivity index is 2.37. The third-order valence-electron chi connectivity index (χ3n) is 2.64. The minimum Gasteiger partial charge on any atom is -0.455 e. The van der Waals surface area contributed by atoms with Crippen molar-refractivity contribution in [2.45, 2.75) is 6.92 Å². The molecule has 2 aromatic carbocycles. The minimum atomic E-state index is -0.213. The Morgan fingerprint density at radius 2 is 2.00 bits per heavy atom. The highest BCUT2D eigenvalue weighted by Crippen LogP contribution is 2.32. The van der Waals surface area contributed by atoms with Crippen molar-refractivity contribution in [2.75, 3.05) is 12.3 Å². The number of benzene rings is 2. The summed E-state index contributed by atoms with van der Waals surface area (Å²) in [6, 6.07) is 11.9. The lowest BCUT2D eigenvalue weighted by molar-refractivity contribution is 0.0953. The summed E-state index contributed by atoms with van der Waals surface area (Å²) in [7, 11) is 0. The van der Waals surface area contributed by atoms with Crippen molar-refractivity contribution in [2.24, 2.45) is 0 Å². The van der Waals surface area contributed by atoms with Crippen molar-refractivity contribution in [1.82, 2.24) is 5.32 Å². The van der Waals surface area contributed by atoms with Gasteiger partial charge < -0.3 is 15.8 Å². The van der Waals surface area contributed by atoms with E-state index in [1.165, 1.54) is 0 Å². The van der Waals surface area contributed by atoms with Crippen LogP contribution in [0.4, 0.5) is 5.69 Å². The summed E-state index contributed by atoms with van der Waals surface area (Å²) in [4.78, 5) is 12.0. The van der Waals surface area contributed by atoms with E-state index in [1.54, 1.807) is 42.5 Å². The van der Waals surface area contributed by atoms with Gasteiger partial charge in [0.2, 0.25) is 0 Å². The number of rotatable bonds is 4. The molecule has 2 rings (SSSR count). The van der Waals surface area contributed by atoms with Gasteiger partial charge in [-0.3, -0.25) is 4.79 Å². The molecule has 2 aromatic rings. The number of nitrogens with one attached hydrogen (secondary N) is 1. The van der Waals surface area contributed by atoms with Gasteiger partial charge >= 0.3 is 0 Å². The van der Waals surface area contributed by atoms with E-state index >= 15 is 0 Å². The average molecular weight is 291 g/mol. The van der Waals surface area contributed by atoms with Crippen molar-refractivity contribution >= 4 is 23.2 Å². The van der Waals surface area contributed by atoms with Crippen LogP contribution in [0.3, 0.4) is 0 Å². The minimum absolute atomic E-state index is 0.213. The third kappa shape index (κ3) is 3.22. The first-order valence-electron chi connectivity index (χ1n) is 6.22. The Labute approximate surface area is 122 Å².